The van der Waals surface area contributed by atoms with Crippen molar-refractivity contribution in [2.45, 2.75) is 18.8 Å². The number of pyridine rings is 1. The van der Waals surface area contributed by atoms with Crippen LogP contribution in [0.3, 0.4) is 0 Å². The van der Waals surface area contributed by atoms with Gasteiger partial charge in [0, 0.05) is 17.2 Å². The van der Waals surface area contributed by atoms with Crippen molar-refractivity contribution in [1.82, 2.24) is 15.5 Å². The summed E-state index contributed by atoms with van der Waals surface area (Å²) in [7, 11) is 2.86. The lowest BCUT2D eigenvalue weighted by molar-refractivity contribution is -0.139. The summed E-state index contributed by atoms with van der Waals surface area (Å²) in [6.45, 7) is -0.221. The Morgan fingerprint density at radius 3 is 2.61 bits per heavy atom. The average Bonchev–Trinajstić information content (AvgIpc) is 3.50. The van der Waals surface area contributed by atoms with Crippen LogP contribution in [-0.4, -0.2) is 42.8 Å². The number of aromatic nitrogens is 2. The fraction of sp³-hybridized carbons (Fsp3) is 0.300. The van der Waals surface area contributed by atoms with E-state index in [-0.39, 0.29) is 6.54 Å². The van der Waals surface area contributed by atoms with E-state index in [1.807, 2.05) is 12.1 Å². The zero-order valence-corrected chi connectivity index (χ0v) is 15.5. The standard InChI is InChI=1S/C20H19N3O5/c1-26-13-7-5-12(6-8-13)18-17-14(19(25)21-10-16(24)27-2)9-15(11-3-4-11)22-20(17)28-23-18/h5-9,11H,3-4,10H2,1-2H3,(H,21,25). The number of carbonyl (C=O) groups is 2. The molecule has 4 rings (SSSR count). The van der Waals surface area contributed by atoms with Crippen molar-refractivity contribution >= 4 is 23.0 Å². The Morgan fingerprint density at radius 2 is 1.96 bits per heavy atom. The van der Waals surface area contributed by atoms with Gasteiger partial charge in [0.15, 0.2) is 0 Å². The highest BCUT2D eigenvalue weighted by atomic mass is 16.5. The quantitative estimate of drug-likeness (QED) is 0.655. The molecule has 0 spiro atoms. The number of fused-ring (bicyclic) bond motifs is 1. The van der Waals surface area contributed by atoms with Crippen LogP contribution in [0.5, 0.6) is 5.75 Å². The Kier molecular flexibility index (Phi) is 4.68. The van der Waals surface area contributed by atoms with E-state index in [9.17, 15) is 9.59 Å². The van der Waals surface area contributed by atoms with Gasteiger partial charge >= 0.3 is 5.97 Å². The molecule has 0 radical (unpaired) electrons. The summed E-state index contributed by atoms with van der Waals surface area (Å²) in [5.74, 6) is 0.104. The summed E-state index contributed by atoms with van der Waals surface area (Å²) < 4.78 is 15.2. The second-order valence-corrected chi connectivity index (χ2v) is 6.57. The topological polar surface area (TPSA) is 104 Å². The normalized spacial score (nSPS) is 13.4. The van der Waals surface area contributed by atoms with Gasteiger partial charge in [-0.15, -0.1) is 0 Å². The highest BCUT2D eigenvalue weighted by molar-refractivity contribution is 6.10. The lowest BCUT2D eigenvalue weighted by atomic mass is 10.0. The number of nitrogens with one attached hydrogen (secondary N) is 1. The predicted octanol–water partition coefficient (Wildman–Crippen LogP) is 2.68. The Hall–Kier alpha value is -3.42. The summed E-state index contributed by atoms with van der Waals surface area (Å²) in [4.78, 5) is 28.8. The first-order valence-corrected chi connectivity index (χ1v) is 8.90. The maximum absolute atomic E-state index is 12.8. The van der Waals surface area contributed by atoms with Crippen LogP contribution in [-0.2, 0) is 9.53 Å². The number of benzene rings is 1. The monoisotopic (exact) mass is 381 g/mol. The number of carbonyl (C=O) groups excluding carboxylic acids is 2. The lowest BCUT2D eigenvalue weighted by Gasteiger charge is -2.08. The van der Waals surface area contributed by atoms with Crippen molar-refractivity contribution in [3.8, 4) is 17.0 Å². The second-order valence-electron chi connectivity index (χ2n) is 6.57. The molecule has 1 aliphatic rings. The van der Waals surface area contributed by atoms with Gasteiger partial charge in [-0.25, -0.2) is 4.98 Å². The number of rotatable bonds is 6. The predicted molar refractivity (Wildman–Crippen MR) is 100 cm³/mol. The summed E-state index contributed by atoms with van der Waals surface area (Å²) in [6.07, 6.45) is 2.06. The molecule has 0 unspecified atom stereocenters. The number of methoxy groups -OCH3 is 2. The van der Waals surface area contributed by atoms with Crippen LogP contribution in [0.4, 0.5) is 0 Å². The van der Waals surface area contributed by atoms with E-state index in [1.54, 1.807) is 25.3 Å². The van der Waals surface area contributed by atoms with Gasteiger partial charge in [0.25, 0.3) is 11.6 Å². The van der Waals surface area contributed by atoms with Crippen molar-refractivity contribution in [1.29, 1.82) is 0 Å². The minimum Gasteiger partial charge on any atom is -0.497 e. The molecule has 2 aromatic heterocycles. The molecule has 0 bridgehead atoms. The zero-order valence-electron chi connectivity index (χ0n) is 15.5. The van der Waals surface area contributed by atoms with Gasteiger partial charge in [0.05, 0.1) is 25.2 Å². The van der Waals surface area contributed by atoms with E-state index >= 15 is 0 Å². The maximum atomic E-state index is 12.8. The smallest absolute Gasteiger partial charge is 0.325 e. The molecule has 1 aromatic carbocycles. The first kappa shape index (κ1) is 18.0. The van der Waals surface area contributed by atoms with Crippen LogP contribution in [0.1, 0.15) is 34.8 Å². The molecule has 0 atom stereocenters. The number of hydrogen-bond acceptors (Lipinski definition) is 7. The minimum absolute atomic E-state index is 0.221. The molecule has 1 fully saturated rings. The van der Waals surface area contributed by atoms with E-state index in [0.29, 0.717) is 34.0 Å². The number of nitrogens with zero attached hydrogens (tertiary/aromatic N) is 2. The molecule has 0 saturated heterocycles. The zero-order chi connectivity index (χ0) is 19.7. The van der Waals surface area contributed by atoms with Gasteiger partial charge < -0.3 is 19.3 Å². The van der Waals surface area contributed by atoms with Gasteiger partial charge in [-0.05, 0) is 43.2 Å². The van der Waals surface area contributed by atoms with E-state index < -0.39 is 11.9 Å². The molecule has 1 aliphatic carbocycles. The molecule has 28 heavy (non-hydrogen) atoms. The fourth-order valence-corrected chi connectivity index (χ4v) is 3.00. The van der Waals surface area contributed by atoms with Crippen molar-refractivity contribution in [2.75, 3.05) is 20.8 Å². The summed E-state index contributed by atoms with van der Waals surface area (Å²) in [5, 5.41) is 7.24. The van der Waals surface area contributed by atoms with Gasteiger partial charge in [0.2, 0.25) is 0 Å². The number of hydrogen-bond donors (Lipinski definition) is 1. The summed E-state index contributed by atoms with van der Waals surface area (Å²) >= 11 is 0. The van der Waals surface area contributed by atoms with Crippen LogP contribution in [0.15, 0.2) is 34.9 Å². The first-order chi connectivity index (χ1) is 13.6. The minimum atomic E-state index is -0.526. The molecular formula is C20H19N3O5. The van der Waals surface area contributed by atoms with E-state index in [4.69, 9.17) is 9.26 Å². The molecule has 3 aromatic rings. The molecule has 1 N–H and O–H groups in total. The van der Waals surface area contributed by atoms with Crippen molar-refractivity contribution < 1.29 is 23.6 Å². The molecule has 1 amide bonds. The van der Waals surface area contributed by atoms with Gasteiger partial charge in [-0.3, -0.25) is 9.59 Å². The van der Waals surface area contributed by atoms with Crippen LogP contribution in [0, 0.1) is 0 Å². The SMILES string of the molecule is COC(=O)CNC(=O)c1cc(C2CC2)nc2onc(-c3ccc(OC)cc3)c12. The number of esters is 1. The molecule has 1 saturated carbocycles. The Morgan fingerprint density at radius 1 is 1.21 bits per heavy atom. The maximum Gasteiger partial charge on any atom is 0.325 e. The molecule has 8 nitrogen and oxygen atoms in total. The third-order valence-corrected chi connectivity index (χ3v) is 4.69. The largest absolute Gasteiger partial charge is 0.497 e. The Balaban J connectivity index is 1.79. The Bertz CT molecular complexity index is 1040. The summed E-state index contributed by atoms with van der Waals surface area (Å²) in [6, 6.07) is 9.04. The number of amides is 1. The lowest BCUT2D eigenvalue weighted by Crippen LogP contribution is -2.30. The average molecular weight is 381 g/mol. The molecule has 2 heterocycles. The van der Waals surface area contributed by atoms with Gasteiger partial charge in [0.1, 0.15) is 18.0 Å². The third-order valence-electron chi connectivity index (χ3n) is 4.69. The molecule has 0 aliphatic heterocycles. The van der Waals surface area contributed by atoms with Crippen LogP contribution in [0.2, 0.25) is 0 Å². The van der Waals surface area contributed by atoms with Crippen LogP contribution < -0.4 is 10.1 Å². The van der Waals surface area contributed by atoms with Crippen molar-refractivity contribution in [3.63, 3.8) is 0 Å². The number of ether oxygens (including phenoxy) is 2. The third kappa shape index (κ3) is 3.40. The second kappa shape index (κ2) is 7.30. The molecule has 144 valence electrons. The first-order valence-electron chi connectivity index (χ1n) is 8.90. The van der Waals surface area contributed by atoms with Crippen molar-refractivity contribution in [2.24, 2.45) is 0 Å². The highest BCUT2D eigenvalue weighted by Crippen LogP contribution is 2.41. The van der Waals surface area contributed by atoms with Crippen LogP contribution in [0.25, 0.3) is 22.4 Å². The highest BCUT2D eigenvalue weighted by Gasteiger charge is 2.29. The van der Waals surface area contributed by atoms with E-state index in [0.717, 1.165) is 24.1 Å². The van der Waals surface area contributed by atoms with Crippen LogP contribution >= 0.6 is 0 Å². The van der Waals surface area contributed by atoms with Crippen molar-refractivity contribution in [3.05, 3.63) is 41.6 Å². The fourth-order valence-electron chi connectivity index (χ4n) is 3.00. The van der Waals surface area contributed by atoms with Gasteiger partial charge in [-0.1, -0.05) is 5.16 Å². The summed E-state index contributed by atoms with van der Waals surface area (Å²) in [5.41, 5.74) is 2.76. The Labute approximate surface area is 160 Å². The molecule has 8 heteroatoms. The van der Waals surface area contributed by atoms with E-state index in [2.05, 4.69) is 20.2 Å². The van der Waals surface area contributed by atoms with E-state index in [1.165, 1.54) is 7.11 Å². The van der Waals surface area contributed by atoms with Gasteiger partial charge in [-0.2, -0.15) is 0 Å². The molecular weight excluding hydrogens is 362 g/mol.